The second-order valence-corrected chi connectivity index (χ2v) is 7.79. The van der Waals surface area contributed by atoms with Gasteiger partial charge in [0.15, 0.2) is 5.96 Å². The lowest BCUT2D eigenvalue weighted by Gasteiger charge is -2.46. The third-order valence-electron chi connectivity index (χ3n) is 5.14. The molecule has 3 rings (SSSR count). The maximum absolute atomic E-state index is 6.21. The van der Waals surface area contributed by atoms with Crippen molar-refractivity contribution in [3.63, 3.8) is 0 Å². The number of rotatable bonds is 1. The molecular formula is C16H21BrClN3. The number of hydrogen-bond donors (Lipinski definition) is 1. The largest absolute Gasteiger partial charge is 0.369 e. The average molecular weight is 371 g/mol. The average Bonchev–Trinajstić information content (AvgIpc) is 2.75. The maximum atomic E-state index is 6.21. The molecule has 1 saturated carbocycles. The SMILES string of the molecule is CC1CCC2(CN=C(N)N2c2ccc(Cl)c(Br)c2)CC1C. The number of aliphatic imine (C=N–C) groups is 1. The molecule has 1 heterocycles. The summed E-state index contributed by atoms with van der Waals surface area (Å²) in [4.78, 5) is 6.79. The first-order valence-corrected chi connectivity index (χ1v) is 8.65. The van der Waals surface area contributed by atoms with Gasteiger partial charge in [-0.25, -0.2) is 0 Å². The molecule has 1 fully saturated rings. The van der Waals surface area contributed by atoms with Crippen LogP contribution in [0.4, 0.5) is 5.69 Å². The molecule has 0 radical (unpaired) electrons. The summed E-state index contributed by atoms with van der Waals surface area (Å²) < 4.78 is 0.897. The Morgan fingerprint density at radius 2 is 2.14 bits per heavy atom. The number of guanidine groups is 1. The summed E-state index contributed by atoms with van der Waals surface area (Å²) in [6.07, 6.45) is 3.51. The molecule has 5 heteroatoms. The highest BCUT2D eigenvalue weighted by atomic mass is 79.9. The highest BCUT2D eigenvalue weighted by molar-refractivity contribution is 9.10. The van der Waals surface area contributed by atoms with Gasteiger partial charge in [0.1, 0.15) is 0 Å². The van der Waals surface area contributed by atoms with Crippen molar-refractivity contribution in [3.8, 4) is 0 Å². The fraction of sp³-hybridized carbons (Fsp3) is 0.562. The Hall–Kier alpha value is -0.740. The second-order valence-electron chi connectivity index (χ2n) is 6.53. The van der Waals surface area contributed by atoms with Crippen LogP contribution in [0.15, 0.2) is 27.7 Å². The van der Waals surface area contributed by atoms with Gasteiger partial charge in [-0.1, -0.05) is 25.4 Å². The normalized spacial score (nSPS) is 32.6. The summed E-state index contributed by atoms with van der Waals surface area (Å²) in [5, 5.41) is 0.716. The van der Waals surface area contributed by atoms with E-state index in [1.807, 2.05) is 18.2 Å². The molecule has 21 heavy (non-hydrogen) atoms. The molecule has 1 aromatic rings. The second kappa shape index (κ2) is 5.47. The number of halogens is 2. The zero-order chi connectivity index (χ0) is 15.2. The molecular weight excluding hydrogens is 350 g/mol. The first-order chi connectivity index (χ1) is 9.93. The summed E-state index contributed by atoms with van der Waals surface area (Å²) in [5.74, 6) is 2.10. The standard InChI is InChI=1S/C16H21BrClN3/c1-10-5-6-16(8-11(10)2)9-20-15(19)21(16)12-3-4-14(18)13(17)7-12/h3-4,7,10-11H,5-6,8-9H2,1-2H3,(H2,19,20). The smallest absolute Gasteiger partial charge is 0.196 e. The van der Waals surface area contributed by atoms with Crippen molar-refractivity contribution in [1.29, 1.82) is 0 Å². The van der Waals surface area contributed by atoms with Crippen LogP contribution in [0.1, 0.15) is 33.1 Å². The van der Waals surface area contributed by atoms with Crippen LogP contribution in [0.2, 0.25) is 5.02 Å². The molecule has 1 aliphatic heterocycles. The van der Waals surface area contributed by atoms with Gasteiger partial charge in [-0.2, -0.15) is 0 Å². The van der Waals surface area contributed by atoms with Crippen molar-refractivity contribution in [2.24, 2.45) is 22.6 Å². The number of hydrogen-bond acceptors (Lipinski definition) is 3. The van der Waals surface area contributed by atoms with E-state index in [2.05, 4.69) is 39.7 Å². The number of nitrogens with two attached hydrogens (primary N) is 1. The Labute approximate surface area is 139 Å². The van der Waals surface area contributed by atoms with E-state index >= 15 is 0 Å². The van der Waals surface area contributed by atoms with Crippen LogP contribution in [-0.2, 0) is 0 Å². The highest BCUT2D eigenvalue weighted by Crippen LogP contribution is 2.44. The molecule has 1 aliphatic carbocycles. The van der Waals surface area contributed by atoms with Crippen molar-refractivity contribution < 1.29 is 0 Å². The number of benzene rings is 1. The number of anilines is 1. The molecule has 1 aromatic carbocycles. The summed E-state index contributed by atoms with van der Waals surface area (Å²) in [7, 11) is 0. The molecule has 0 saturated heterocycles. The minimum Gasteiger partial charge on any atom is -0.369 e. The Morgan fingerprint density at radius 3 is 2.81 bits per heavy atom. The first-order valence-electron chi connectivity index (χ1n) is 7.48. The van der Waals surface area contributed by atoms with Crippen LogP contribution in [0.5, 0.6) is 0 Å². The molecule has 0 aromatic heterocycles. The Balaban J connectivity index is 1.97. The molecule has 3 atom stereocenters. The molecule has 0 bridgehead atoms. The van der Waals surface area contributed by atoms with Gasteiger partial charge in [-0.05, 0) is 65.2 Å². The van der Waals surface area contributed by atoms with Gasteiger partial charge in [-0.15, -0.1) is 0 Å². The van der Waals surface area contributed by atoms with Crippen LogP contribution >= 0.6 is 27.5 Å². The van der Waals surface area contributed by atoms with Gasteiger partial charge >= 0.3 is 0 Å². The Bertz CT molecular complexity index is 589. The van der Waals surface area contributed by atoms with Crippen LogP contribution in [0.3, 0.4) is 0 Å². The van der Waals surface area contributed by atoms with Crippen LogP contribution in [0.25, 0.3) is 0 Å². The van der Waals surface area contributed by atoms with Gasteiger partial charge in [0.05, 0.1) is 17.1 Å². The van der Waals surface area contributed by atoms with Crippen molar-refractivity contribution in [1.82, 2.24) is 0 Å². The predicted octanol–water partition coefficient (Wildman–Crippen LogP) is 4.43. The lowest BCUT2D eigenvalue weighted by molar-refractivity contribution is 0.189. The third kappa shape index (κ3) is 2.57. The van der Waals surface area contributed by atoms with E-state index in [4.69, 9.17) is 17.3 Å². The van der Waals surface area contributed by atoms with Gasteiger partial charge in [0.2, 0.25) is 0 Å². The molecule has 3 nitrogen and oxygen atoms in total. The van der Waals surface area contributed by atoms with Gasteiger partial charge < -0.3 is 10.6 Å². The van der Waals surface area contributed by atoms with E-state index < -0.39 is 0 Å². The quantitative estimate of drug-likeness (QED) is 0.794. The van der Waals surface area contributed by atoms with Crippen molar-refractivity contribution in [2.75, 3.05) is 11.4 Å². The van der Waals surface area contributed by atoms with Crippen LogP contribution < -0.4 is 10.6 Å². The summed E-state index contributed by atoms with van der Waals surface area (Å²) >= 11 is 9.62. The van der Waals surface area contributed by atoms with Gasteiger partial charge in [-0.3, -0.25) is 4.99 Å². The Morgan fingerprint density at radius 1 is 1.38 bits per heavy atom. The van der Waals surface area contributed by atoms with E-state index in [9.17, 15) is 0 Å². The Kier molecular flexibility index (Phi) is 3.95. The summed E-state index contributed by atoms with van der Waals surface area (Å²) in [5.41, 5.74) is 7.33. The van der Waals surface area contributed by atoms with E-state index in [1.54, 1.807) is 0 Å². The lowest BCUT2D eigenvalue weighted by atomic mass is 9.70. The lowest BCUT2D eigenvalue weighted by Crippen LogP contribution is -2.55. The minimum atomic E-state index is 0.0449. The molecule has 1 spiro atoms. The van der Waals surface area contributed by atoms with E-state index in [0.717, 1.165) is 35.5 Å². The molecule has 2 aliphatic rings. The fourth-order valence-electron chi connectivity index (χ4n) is 3.67. The topological polar surface area (TPSA) is 41.6 Å². The number of nitrogens with zero attached hydrogens (tertiary/aromatic N) is 2. The van der Waals surface area contributed by atoms with Crippen LogP contribution in [-0.4, -0.2) is 18.0 Å². The minimum absolute atomic E-state index is 0.0449. The molecule has 2 N–H and O–H groups in total. The van der Waals surface area contributed by atoms with Crippen molar-refractivity contribution >= 4 is 39.2 Å². The van der Waals surface area contributed by atoms with Crippen LogP contribution in [0, 0.1) is 11.8 Å². The highest BCUT2D eigenvalue weighted by Gasteiger charge is 2.47. The fourth-order valence-corrected chi connectivity index (χ4v) is 4.16. The van der Waals surface area contributed by atoms with Crippen molar-refractivity contribution in [3.05, 3.63) is 27.7 Å². The van der Waals surface area contributed by atoms with E-state index in [0.29, 0.717) is 16.9 Å². The zero-order valence-electron chi connectivity index (χ0n) is 12.4. The summed E-state index contributed by atoms with van der Waals surface area (Å²) in [6.45, 7) is 5.49. The van der Waals surface area contributed by atoms with Gasteiger partial charge in [0, 0.05) is 10.2 Å². The molecule has 3 unspecified atom stereocenters. The zero-order valence-corrected chi connectivity index (χ0v) is 14.8. The summed E-state index contributed by atoms with van der Waals surface area (Å²) in [6, 6.07) is 5.99. The molecule has 0 amide bonds. The third-order valence-corrected chi connectivity index (χ3v) is 6.35. The van der Waals surface area contributed by atoms with Crippen molar-refractivity contribution in [2.45, 2.75) is 38.6 Å². The maximum Gasteiger partial charge on any atom is 0.196 e. The van der Waals surface area contributed by atoms with E-state index in [-0.39, 0.29) is 5.54 Å². The van der Waals surface area contributed by atoms with Gasteiger partial charge in [0.25, 0.3) is 0 Å². The monoisotopic (exact) mass is 369 g/mol. The first kappa shape index (κ1) is 15.2. The molecule has 114 valence electrons. The van der Waals surface area contributed by atoms with E-state index in [1.165, 1.54) is 6.42 Å². The predicted molar refractivity (Wildman–Crippen MR) is 93.0 cm³/mol.